The summed E-state index contributed by atoms with van der Waals surface area (Å²) in [6, 6.07) is 5.19. The van der Waals surface area contributed by atoms with Gasteiger partial charge in [-0.1, -0.05) is 6.07 Å². The predicted molar refractivity (Wildman–Crippen MR) is 75.0 cm³/mol. The smallest absolute Gasteiger partial charge is 0.137 e. The first kappa shape index (κ1) is 14.3. The minimum atomic E-state index is -0.220. The van der Waals surface area contributed by atoms with Crippen LogP contribution in [0.4, 0.5) is 4.39 Å². The van der Waals surface area contributed by atoms with Crippen LogP contribution < -0.4 is 0 Å². The maximum absolute atomic E-state index is 13.3. The Bertz CT molecular complexity index is 351. The van der Waals surface area contributed by atoms with Gasteiger partial charge in [0.2, 0.25) is 0 Å². The summed E-state index contributed by atoms with van der Waals surface area (Å²) in [5, 5.41) is 0. The molecule has 0 heterocycles. The number of nitrogens with zero attached hydrogens (tertiary/aromatic N) is 1. The average Bonchev–Trinajstić information content (AvgIpc) is 2.23. The molecular formula is C11H14BrFINO. The van der Waals surface area contributed by atoms with Crippen LogP contribution in [0.2, 0.25) is 0 Å². The fourth-order valence-electron chi connectivity index (χ4n) is 1.25. The molecule has 16 heavy (non-hydrogen) atoms. The van der Waals surface area contributed by atoms with Gasteiger partial charge in [0.1, 0.15) is 5.82 Å². The summed E-state index contributed by atoms with van der Waals surface area (Å²) < 4.78 is 21.0. The van der Waals surface area contributed by atoms with E-state index in [0.29, 0.717) is 11.0 Å². The summed E-state index contributed by atoms with van der Waals surface area (Å²) in [5.74, 6) is -0.220. The first-order valence-electron chi connectivity index (χ1n) is 4.90. The number of hydrogen-bond acceptors (Lipinski definition) is 2. The van der Waals surface area contributed by atoms with Crippen molar-refractivity contribution in [1.29, 1.82) is 0 Å². The molecule has 0 aliphatic carbocycles. The van der Waals surface area contributed by atoms with Crippen LogP contribution in [-0.2, 0) is 11.3 Å². The second-order valence-electron chi connectivity index (χ2n) is 3.60. The van der Waals surface area contributed by atoms with E-state index in [1.165, 1.54) is 0 Å². The molecule has 0 N–H and O–H groups in total. The molecule has 0 spiro atoms. The third kappa shape index (κ3) is 4.65. The van der Waals surface area contributed by atoms with E-state index in [-0.39, 0.29) is 11.9 Å². The highest BCUT2D eigenvalue weighted by Crippen LogP contribution is 2.18. The van der Waals surface area contributed by atoms with Crippen molar-refractivity contribution in [1.82, 2.24) is 3.11 Å². The number of hydrogen-bond donors (Lipinski definition) is 0. The van der Waals surface area contributed by atoms with Gasteiger partial charge in [-0.15, -0.1) is 0 Å². The van der Waals surface area contributed by atoms with Crippen molar-refractivity contribution in [3.63, 3.8) is 0 Å². The first-order chi connectivity index (χ1) is 7.52. The van der Waals surface area contributed by atoms with Gasteiger partial charge in [0.15, 0.2) is 0 Å². The Labute approximate surface area is 118 Å². The summed E-state index contributed by atoms with van der Waals surface area (Å²) in [6.45, 7) is 3.53. The molecule has 0 aromatic heterocycles. The van der Waals surface area contributed by atoms with Crippen molar-refractivity contribution in [3.05, 3.63) is 34.1 Å². The van der Waals surface area contributed by atoms with Gasteiger partial charge < -0.3 is 4.74 Å². The molecule has 2 nitrogen and oxygen atoms in total. The van der Waals surface area contributed by atoms with Crippen molar-refractivity contribution in [2.24, 2.45) is 0 Å². The second-order valence-corrected chi connectivity index (χ2v) is 5.82. The Morgan fingerprint density at radius 1 is 1.56 bits per heavy atom. The van der Waals surface area contributed by atoms with E-state index in [2.05, 4.69) is 41.9 Å². The molecule has 1 unspecified atom stereocenters. The molecule has 0 saturated carbocycles. The maximum Gasteiger partial charge on any atom is 0.137 e. The van der Waals surface area contributed by atoms with Gasteiger partial charge in [-0.2, -0.15) is 0 Å². The number of benzene rings is 1. The van der Waals surface area contributed by atoms with Crippen molar-refractivity contribution in [2.45, 2.75) is 19.6 Å². The molecule has 0 amide bonds. The molecule has 0 bridgehead atoms. The molecule has 1 aromatic carbocycles. The molecule has 1 atom stereocenters. The van der Waals surface area contributed by atoms with Crippen LogP contribution in [0.1, 0.15) is 12.5 Å². The number of ether oxygens (including phenoxy) is 1. The van der Waals surface area contributed by atoms with E-state index >= 15 is 0 Å². The molecule has 90 valence electrons. The van der Waals surface area contributed by atoms with E-state index in [0.717, 1.165) is 12.1 Å². The second kappa shape index (κ2) is 6.88. The van der Waals surface area contributed by atoms with Crippen LogP contribution in [0.5, 0.6) is 0 Å². The molecule has 1 rings (SSSR count). The lowest BCUT2D eigenvalue weighted by molar-refractivity contribution is 0.104. The average molecular weight is 402 g/mol. The topological polar surface area (TPSA) is 12.5 Å². The van der Waals surface area contributed by atoms with Crippen LogP contribution in [0.3, 0.4) is 0 Å². The quantitative estimate of drug-likeness (QED) is 0.550. The van der Waals surface area contributed by atoms with Gasteiger partial charge in [-0.3, -0.25) is 0 Å². The van der Waals surface area contributed by atoms with Gasteiger partial charge in [-0.05, 0) is 40.5 Å². The van der Waals surface area contributed by atoms with Crippen molar-refractivity contribution < 1.29 is 9.13 Å². The summed E-state index contributed by atoms with van der Waals surface area (Å²) in [5.41, 5.74) is 0.957. The minimum Gasteiger partial charge on any atom is -0.380 e. The Balaban J connectivity index is 2.56. The molecule has 0 aliphatic rings. The van der Waals surface area contributed by atoms with Gasteiger partial charge in [0.05, 0.1) is 10.6 Å². The van der Waals surface area contributed by atoms with E-state index in [9.17, 15) is 4.39 Å². The lowest BCUT2D eigenvalue weighted by Gasteiger charge is -2.18. The standard InChI is InChI=1S/C11H14BrFINO/c1-8(16-2)6-15(14)7-9-3-4-10(12)11(13)5-9/h3-5,8H,6-7H2,1-2H3. The van der Waals surface area contributed by atoms with E-state index in [1.807, 2.05) is 13.0 Å². The van der Waals surface area contributed by atoms with E-state index < -0.39 is 0 Å². The van der Waals surface area contributed by atoms with Crippen molar-refractivity contribution >= 4 is 38.8 Å². The molecular weight excluding hydrogens is 388 g/mol. The first-order valence-corrected chi connectivity index (χ1v) is 6.66. The Kier molecular flexibility index (Phi) is 6.17. The predicted octanol–water partition coefficient (Wildman–Crippen LogP) is 3.78. The fraction of sp³-hybridized carbons (Fsp3) is 0.455. The van der Waals surface area contributed by atoms with Gasteiger partial charge >= 0.3 is 0 Å². The zero-order chi connectivity index (χ0) is 12.1. The van der Waals surface area contributed by atoms with Crippen LogP contribution in [-0.4, -0.2) is 22.9 Å². The summed E-state index contributed by atoms with van der Waals surface area (Å²) >= 11 is 5.36. The molecule has 1 aromatic rings. The van der Waals surface area contributed by atoms with Crippen molar-refractivity contribution in [2.75, 3.05) is 13.7 Å². The number of halogens is 3. The third-order valence-corrected chi connectivity index (χ3v) is 3.57. The Morgan fingerprint density at radius 2 is 2.25 bits per heavy atom. The van der Waals surface area contributed by atoms with E-state index in [1.54, 1.807) is 19.2 Å². The van der Waals surface area contributed by atoms with Crippen molar-refractivity contribution in [3.8, 4) is 0 Å². The lowest BCUT2D eigenvalue weighted by Crippen LogP contribution is -2.23. The highest BCUT2D eigenvalue weighted by Gasteiger charge is 2.08. The van der Waals surface area contributed by atoms with Gasteiger partial charge in [0.25, 0.3) is 0 Å². The fourth-order valence-corrected chi connectivity index (χ4v) is 2.45. The summed E-state index contributed by atoms with van der Waals surface area (Å²) in [7, 11) is 1.69. The number of methoxy groups -OCH3 is 1. The third-order valence-electron chi connectivity index (χ3n) is 2.20. The highest BCUT2D eigenvalue weighted by molar-refractivity contribution is 14.1. The zero-order valence-electron chi connectivity index (χ0n) is 9.21. The SMILES string of the molecule is COC(C)CN(I)Cc1ccc(Br)c(F)c1. The van der Waals surface area contributed by atoms with Crippen LogP contribution >= 0.6 is 38.8 Å². The van der Waals surface area contributed by atoms with Crippen LogP contribution in [0, 0.1) is 5.82 Å². The maximum atomic E-state index is 13.3. The minimum absolute atomic E-state index is 0.178. The van der Waals surface area contributed by atoms with Crippen LogP contribution in [0.25, 0.3) is 0 Å². The van der Waals surface area contributed by atoms with Gasteiger partial charge in [0, 0.05) is 43.1 Å². The van der Waals surface area contributed by atoms with Crippen LogP contribution in [0.15, 0.2) is 22.7 Å². The Morgan fingerprint density at radius 3 is 2.81 bits per heavy atom. The summed E-state index contributed by atoms with van der Waals surface area (Å²) in [6.07, 6.45) is 0.178. The molecule has 0 aliphatic heterocycles. The largest absolute Gasteiger partial charge is 0.380 e. The molecule has 0 saturated heterocycles. The normalized spacial score (nSPS) is 13.1. The molecule has 0 fully saturated rings. The summed E-state index contributed by atoms with van der Waals surface area (Å²) in [4.78, 5) is 0. The number of rotatable bonds is 5. The zero-order valence-corrected chi connectivity index (χ0v) is 13.0. The lowest BCUT2D eigenvalue weighted by atomic mass is 10.2. The van der Waals surface area contributed by atoms with Gasteiger partial charge in [-0.25, -0.2) is 7.50 Å². The molecule has 0 radical (unpaired) electrons. The monoisotopic (exact) mass is 401 g/mol. The Hall–Kier alpha value is 0.280. The highest BCUT2D eigenvalue weighted by atomic mass is 127. The van der Waals surface area contributed by atoms with E-state index in [4.69, 9.17) is 4.74 Å². The molecule has 5 heteroatoms.